The predicted octanol–water partition coefficient (Wildman–Crippen LogP) is 3.30. The van der Waals surface area contributed by atoms with E-state index in [1.165, 1.54) is 12.1 Å². The van der Waals surface area contributed by atoms with Crippen molar-refractivity contribution in [3.63, 3.8) is 0 Å². The lowest BCUT2D eigenvalue weighted by molar-refractivity contribution is -0.384. The molecule has 2 saturated heterocycles. The van der Waals surface area contributed by atoms with Crippen molar-refractivity contribution in [2.24, 2.45) is 4.99 Å². The van der Waals surface area contributed by atoms with Gasteiger partial charge in [0.2, 0.25) is 0 Å². The molecule has 0 saturated carbocycles. The van der Waals surface area contributed by atoms with E-state index in [9.17, 15) is 10.1 Å². The van der Waals surface area contributed by atoms with E-state index in [2.05, 4.69) is 29.4 Å². The highest BCUT2D eigenvalue weighted by atomic mass is 127. The minimum absolute atomic E-state index is 0. The zero-order valence-corrected chi connectivity index (χ0v) is 20.2. The maximum atomic E-state index is 10.8. The number of rotatable bonds is 7. The van der Waals surface area contributed by atoms with Gasteiger partial charge in [-0.25, -0.2) is 4.99 Å². The molecule has 2 heterocycles. The first-order chi connectivity index (χ1) is 14.0. The van der Waals surface area contributed by atoms with E-state index in [0.29, 0.717) is 18.6 Å². The van der Waals surface area contributed by atoms with Crippen molar-refractivity contribution in [3.8, 4) is 0 Å². The normalized spacial score (nSPS) is 20.8. The zero-order valence-electron chi connectivity index (χ0n) is 17.9. The Bertz CT molecular complexity index is 684. The third-order valence-electron chi connectivity index (χ3n) is 5.69. The average molecular weight is 531 g/mol. The van der Waals surface area contributed by atoms with Gasteiger partial charge in [0.05, 0.1) is 17.6 Å². The molecule has 1 aromatic carbocycles. The molecular weight excluding hydrogens is 497 g/mol. The molecule has 0 radical (unpaired) electrons. The highest BCUT2D eigenvalue weighted by Gasteiger charge is 2.22. The first-order valence-corrected chi connectivity index (χ1v) is 10.6. The topological polar surface area (TPSA) is 92.0 Å². The van der Waals surface area contributed by atoms with E-state index >= 15 is 0 Å². The number of aliphatic imine (C=N–C) groups is 1. The molecule has 2 aliphatic heterocycles. The van der Waals surface area contributed by atoms with Crippen LogP contribution in [0.2, 0.25) is 0 Å². The summed E-state index contributed by atoms with van der Waals surface area (Å²) in [6.45, 7) is 8.73. The van der Waals surface area contributed by atoms with Crippen LogP contribution in [0.15, 0.2) is 29.3 Å². The maximum absolute atomic E-state index is 10.8. The van der Waals surface area contributed by atoms with Crippen molar-refractivity contribution < 1.29 is 9.66 Å². The summed E-state index contributed by atoms with van der Waals surface area (Å²) < 4.78 is 5.72. The molecule has 1 aromatic rings. The van der Waals surface area contributed by atoms with Crippen molar-refractivity contribution in [1.29, 1.82) is 0 Å². The molecule has 1 atom stereocenters. The minimum Gasteiger partial charge on any atom is -0.376 e. The number of guanidine groups is 1. The van der Waals surface area contributed by atoms with Gasteiger partial charge in [-0.05, 0) is 45.1 Å². The molecule has 9 heteroatoms. The molecule has 2 aliphatic rings. The Kier molecular flexibility index (Phi) is 10.3. The third kappa shape index (κ3) is 7.66. The molecule has 1 unspecified atom stereocenters. The largest absolute Gasteiger partial charge is 0.376 e. The molecule has 0 spiro atoms. The predicted molar refractivity (Wildman–Crippen MR) is 129 cm³/mol. The van der Waals surface area contributed by atoms with Crippen LogP contribution in [0.1, 0.15) is 45.1 Å². The Labute approximate surface area is 196 Å². The molecule has 0 amide bonds. The second kappa shape index (κ2) is 12.4. The molecule has 3 rings (SSSR count). The number of hydrogen-bond donors (Lipinski definition) is 2. The van der Waals surface area contributed by atoms with Crippen molar-refractivity contribution in [1.82, 2.24) is 15.5 Å². The number of piperidine rings is 1. The molecule has 0 aromatic heterocycles. The van der Waals surface area contributed by atoms with Crippen LogP contribution in [-0.4, -0.2) is 60.2 Å². The minimum atomic E-state index is -0.382. The number of hydrogen-bond acceptors (Lipinski definition) is 5. The van der Waals surface area contributed by atoms with Gasteiger partial charge in [0, 0.05) is 50.5 Å². The lowest BCUT2D eigenvalue weighted by Crippen LogP contribution is -2.50. The quantitative estimate of drug-likeness (QED) is 0.185. The fraction of sp³-hybridized carbons (Fsp3) is 0.667. The monoisotopic (exact) mass is 531 g/mol. The van der Waals surface area contributed by atoms with Crippen LogP contribution in [-0.2, 0) is 11.3 Å². The van der Waals surface area contributed by atoms with E-state index in [1.54, 1.807) is 12.1 Å². The van der Waals surface area contributed by atoms with Gasteiger partial charge < -0.3 is 20.3 Å². The second-order valence-corrected chi connectivity index (χ2v) is 8.15. The van der Waals surface area contributed by atoms with Gasteiger partial charge in [-0.15, -0.1) is 24.0 Å². The Balaban J connectivity index is 0.00000320. The summed E-state index contributed by atoms with van der Waals surface area (Å²) in [6.07, 6.45) is 4.62. The zero-order chi connectivity index (χ0) is 20.6. The highest BCUT2D eigenvalue weighted by molar-refractivity contribution is 14.0. The van der Waals surface area contributed by atoms with Crippen LogP contribution >= 0.6 is 24.0 Å². The second-order valence-electron chi connectivity index (χ2n) is 8.15. The number of benzene rings is 1. The van der Waals surface area contributed by atoms with E-state index in [1.807, 2.05) is 0 Å². The van der Waals surface area contributed by atoms with Crippen molar-refractivity contribution in [2.75, 3.05) is 26.2 Å². The van der Waals surface area contributed by atoms with Gasteiger partial charge in [-0.1, -0.05) is 12.1 Å². The van der Waals surface area contributed by atoms with Gasteiger partial charge >= 0.3 is 0 Å². The highest BCUT2D eigenvalue weighted by Crippen LogP contribution is 2.15. The molecule has 2 N–H and O–H groups in total. The summed E-state index contributed by atoms with van der Waals surface area (Å²) >= 11 is 0. The van der Waals surface area contributed by atoms with Gasteiger partial charge in [-0.2, -0.15) is 0 Å². The smallest absolute Gasteiger partial charge is 0.269 e. The SMILES string of the molecule is CC(C)N1CCC(NC(=NCc2ccc([N+](=O)[O-])cc2)NCC2CCCO2)CC1.I. The van der Waals surface area contributed by atoms with Gasteiger partial charge in [0.25, 0.3) is 5.69 Å². The molecular formula is C21H34IN5O3. The van der Waals surface area contributed by atoms with Crippen molar-refractivity contribution in [3.05, 3.63) is 39.9 Å². The standard InChI is InChI=1S/C21H33N5O3.HI/c1-16(2)25-11-9-18(10-12-25)24-21(23-15-20-4-3-13-29-20)22-14-17-5-7-19(8-6-17)26(27)28;/h5-8,16,18,20H,3-4,9-15H2,1-2H3,(H2,22,23,24);1H. The van der Waals surface area contributed by atoms with Gasteiger partial charge in [-0.3, -0.25) is 10.1 Å². The molecule has 30 heavy (non-hydrogen) atoms. The van der Waals surface area contributed by atoms with Gasteiger partial charge in [0.15, 0.2) is 5.96 Å². The lowest BCUT2D eigenvalue weighted by Gasteiger charge is -2.35. The first-order valence-electron chi connectivity index (χ1n) is 10.6. The summed E-state index contributed by atoms with van der Waals surface area (Å²) in [7, 11) is 0. The number of non-ortho nitro benzene ring substituents is 1. The summed E-state index contributed by atoms with van der Waals surface area (Å²) in [6, 6.07) is 7.57. The summed E-state index contributed by atoms with van der Waals surface area (Å²) in [5.74, 6) is 0.793. The lowest BCUT2D eigenvalue weighted by atomic mass is 10.0. The van der Waals surface area contributed by atoms with E-state index in [4.69, 9.17) is 9.73 Å². The summed E-state index contributed by atoms with van der Waals surface area (Å²) in [5.41, 5.74) is 1.05. The van der Waals surface area contributed by atoms with Crippen LogP contribution < -0.4 is 10.6 Å². The number of nitrogens with one attached hydrogen (secondary N) is 2. The Morgan fingerprint density at radius 2 is 1.97 bits per heavy atom. The van der Waals surface area contributed by atoms with Crippen molar-refractivity contribution in [2.45, 2.75) is 64.3 Å². The molecule has 0 bridgehead atoms. The molecule has 168 valence electrons. The number of likely N-dealkylation sites (tertiary alicyclic amines) is 1. The molecule has 2 fully saturated rings. The Hall–Kier alpha value is -1.46. The molecule has 8 nitrogen and oxygen atoms in total. The van der Waals surface area contributed by atoms with E-state index < -0.39 is 0 Å². The number of ether oxygens (including phenoxy) is 1. The first kappa shape index (κ1) is 24.8. The van der Waals surface area contributed by atoms with Crippen LogP contribution in [0, 0.1) is 10.1 Å². The van der Waals surface area contributed by atoms with Crippen LogP contribution in [0.4, 0.5) is 5.69 Å². The van der Waals surface area contributed by atoms with Crippen LogP contribution in [0.25, 0.3) is 0 Å². The van der Waals surface area contributed by atoms with Gasteiger partial charge in [0.1, 0.15) is 0 Å². The third-order valence-corrected chi connectivity index (χ3v) is 5.69. The van der Waals surface area contributed by atoms with Crippen molar-refractivity contribution >= 4 is 35.6 Å². The number of halogens is 1. The fourth-order valence-electron chi connectivity index (χ4n) is 3.82. The Morgan fingerprint density at radius 1 is 1.27 bits per heavy atom. The summed E-state index contributed by atoms with van der Waals surface area (Å²) in [4.78, 5) is 17.7. The van der Waals surface area contributed by atoms with Crippen LogP contribution in [0.3, 0.4) is 0 Å². The van der Waals surface area contributed by atoms with E-state index in [-0.39, 0.29) is 40.7 Å². The number of nitrogens with zero attached hydrogens (tertiary/aromatic N) is 3. The van der Waals surface area contributed by atoms with Crippen LogP contribution in [0.5, 0.6) is 0 Å². The maximum Gasteiger partial charge on any atom is 0.269 e. The molecule has 0 aliphatic carbocycles. The number of nitro groups is 1. The average Bonchev–Trinajstić information content (AvgIpc) is 3.24. The Morgan fingerprint density at radius 3 is 2.53 bits per heavy atom. The number of nitro benzene ring substituents is 1. The summed E-state index contributed by atoms with van der Waals surface area (Å²) in [5, 5.41) is 17.8. The van der Waals surface area contributed by atoms with E-state index in [0.717, 1.165) is 63.4 Å². The fourth-order valence-corrected chi connectivity index (χ4v) is 3.82.